The van der Waals surface area contributed by atoms with E-state index in [1.165, 1.54) is 6.42 Å². The van der Waals surface area contributed by atoms with Crippen LogP contribution in [0.5, 0.6) is 0 Å². The molecule has 0 bridgehead atoms. The van der Waals surface area contributed by atoms with Crippen LogP contribution < -0.4 is 0 Å². The van der Waals surface area contributed by atoms with Gasteiger partial charge in [-0.05, 0) is 86.1 Å². The van der Waals surface area contributed by atoms with Crippen molar-refractivity contribution in [3.05, 3.63) is 0 Å². The van der Waals surface area contributed by atoms with Crippen LogP contribution in [0.3, 0.4) is 0 Å². The van der Waals surface area contributed by atoms with Crippen LogP contribution in [0.4, 0.5) is 4.79 Å². The monoisotopic (exact) mass is 407 g/mol. The van der Waals surface area contributed by atoms with Crippen molar-refractivity contribution in [2.45, 2.75) is 103 Å². The maximum Gasteiger partial charge on any atom is 0.410 e. The summed E-state index contributed by atoms with van der Waals surface area (Å²) in [4.78, 5) is 32.2. The van der Waals surface area contributed by atoms with Crippen molar-refractivity contribution in [1.29, 1.82) is 0 Å². The Labute approximate surface area is 176 Å². The molecule has 0 aromatic rings. The lowest BCUT2D eigenvalue weighted by atomic mass is 9.90. The molecule has 3 saturated heterocycles. The van der Waals surface area contributed by atoms with E-state index in [1.807, 2.05) is 25.7 Å². The van der Waals surface area contributed by atoms with E-state index in [2.05, 4.69) is 23.6 Å². The highest BCUT2D eigenvalue weighted by molar-refractivity contribution is 5.80. The van der Waals surface area contributed by atoms with Gasteiger partial charge in [0.15, 0.2) is 0 Å². The number of likely N-dealkylation sites (tertiary alicyclic amines) is 3. The zero-order valence-corrected chi connectivity index (χ0v) is 19.2. The van der Waals surface area contributed by atoms with Gasteiger partial charge in [0.2, 0.25) is 5.91 Å². The van der Waals surface area contributed by atoms with E-state index < -0.39 is 5.60 Å². The van der Waals surface area contributed by atoms with Gasteiger partial charge in [-0.3, -0.25) is 9.69 Å². The van der Waals surface area contributed by atoms with Gasteiger partial charge in [0.1, 0.15) is 5.60 Å². The van der Waals surface area contributed by atoms with Gasteiger partial charge in [-0.15, -0.1) is 0 Å². The quantitative estimate of drug-likeness (QED) is 0.697. The largest absolute Gasteiger partial charge is 0.444 e. The smallest absolute Gasteiger partial charge is 0.410 e. The number of amides is 2. The molecule has 3 aliphatic heterocycles. The van der Waals surface area contributed by atoms with Crippen LogP contribution in [0.1, 0.15) is 79.6 Å². The second kappa shape index (κ2) is 9.23. The number of rotatable bonds is 2. The summed E-state index contributed by atoms with van der Waals surface area (Å²) in [5.41, 5.74) is -0.447. The average molecular weight is 408 g/mol. The lowest BCUT2D eigenvalue weighted by Gasteiger charge is -2.45. The van der Waals surface area contributed by atoms with Crippen LogP contribution in [-0.2, 0) is 9.53 Å². The van der Waals surface area contributed by atoms with Crippen molar-refractivity contribution in [3.8, 4) is 0 Å². The van der Waals surface area contributed by atoms with E-state index in [-0.39, 0.29) is 12.0 Å². The minimum Gasteiger partial charge on any atom is -0.444 e. The molecule has 3 atom stereocenters. The van der Waals surface area contributed by atoms with Crippen molar-refractivity contribution in [2.75, 3.05) is 26.2 Å². The third kappa shape index (κ3) is 5.65. The number of ether oxygens (including phenoxy) is 1. The normalized spacial score (nSPS) is 30.3. The van der Waals surface area contributed by atoms with Gasteiger partial charge >= 0.3 is 6.09 Å². The molecule has 0 N–H and O–H groups in total. The SMILES string of the molecule is C[C@@H]1CCC[C@H](C)N1C(=O)C1CCCN(C2CCN(C(=O)OC(C)(C)C)CC2)C1. The Balaban J connectivity index is 1.52. The third-order valence-electron chi connectivity index (χ3n) is 6.88. The Bertz CT molecular complexity index is 570. The molecule has 0 radical (unpaired) electrons. The summed E-state index contributed by atoms with van der Waals surface area (Å²) in [5.74, 6) is 0.510. The maximum atomic E-state index is 13.3. The summed E-state index contributed by atoms with van der Waals surface area (Å²) < 4.78 is 5.52. The lowest BCUT2D eigenvalue weighted by molar-refractivity contribution is -0.144. The van der Waals surface area contributed by atoms with E-state index in [4.69, 9.17) is 4.74 Å². The summed E-state index contributed by atoms with van der Waals surface area (Å²) in [6.07, 6.45) is 7.36. The van der Waals surface area contributed by atoms with Gasteiger partial charge in [-0.1, -0.05) is 0 Å². The third-order valence-corrected chi connectivity index (χ3v) is 6.88. The maximum absolute atomic E-state index is 13.3. The van der Waals surface area contributed by atoms with Gasteiger partial charge < -0.3 is 14.5 Å². The predicted octanol–water partition coefficient (Wildman–Crippen LogP) is 3.89. The molecule has 2 amide bonds. The van der Waals surface area contributed by atoms with Gasteiger partial charge in [0, 0.05) is 37.8 Å². The Hall–Kier alpha value is -1.30. The van der Waals surface area contributed by atoms with Crippen molar-refractivity contribution in [3.63, 3.8) is 0 Å². The molecule has 6 heteroatoms. The van der Waals surface area contributed by atoms with E-state index in [1.54, 1.807) is 0 Å². The second-order valence-corrected chi connectivity index (χ2v) is 10.4. The average Bonchev–Trinajstić information content (AvgIpc) is 2.66. The molecule has 3 aliphatic rings. The first-order chi connectivity index (χ1) is 13.7. The zero-order chi connectivity index (χ0) is 21.2. The Morgan fingerprint density at radius 3 is 2.07 bits per heavy atom. The van der Waals surface area contributed by atoms with Gasteiger partial charge in [-0.2, -0.15) is 0 Å². The highest BCUT2D eigenvalue weighted by Crippen LogP contribution is 2.29. The highest BCUT2D eigenvalue weighted by atomic mass is 16.6. The van der Waals surface area contributed by atoms with E-state index in [0.29, 0.717) is 24.0 Å². The van der Waals surface area contributed by atoms with Crippen molar-refractivity contribution < 1.29 is 14.3 Å². The van der Waals surface area contributed by atoms with Crippen molar-refractivity contribution >= 4 is 12.0 Å². The van der Waals surface area contributed by atoms with Crippen LogP contribution in [0, 0.1) is 5.92 Å². The molecular formula is C23H41N3O3. The first-order valence-corrected chi connectivity index (χ1v) is 11.7. The van der Waals surface area contributed by atoms with Crippen LogP contribution in [0.15, 0.2) is 0 Å². The molecule has 6 nitrogen and oxygen atoms in total. The summed E-state index contributed by atoms with van der Waals surface area (Å²) in [7, 11) is 0. The highest BCUT2D eigenvalue weighted by Gasteiger charge is 2.37. The topological polar surface area (TPSA) is 53.1 Å². The number of hydrogen-bond donors (Lipinski definition) is 0. The number of carbonyl (C=O) groups excluding carboxylic acids is 2. The molecule has 0 aromatic heterocycles. The fourth-order valence-electron chi connectivity index (χ4n) is 5.35. The molecule has 0 saturated carbocycles. The van der Waals surface area contributed by atoms with Crippen LogP contribution in [0.2, 0.25) is 0 Å². The second-order valence-electron chi connectivity index (χ2n) is 10.4. The Kier molecular flexibility index (Phi) is 7.13. The molecule has 3 fully saturated rings. The summed E-state index contributed by atoms with van der Waals surface area (Å²) in [6, 6.07) is 1.22. The first-order valence-electron chi connectivity index (χ1n) is 11.7. The standard InChI is InChI=1S/C23H41N3O3/c1-17-8-6-9-18(2)26(17)21(27)19-10-7-13-25(16-19)20-11-14-24(15-12-20)22(28)29-23(3,4)5/h17-20H,6-16H2,1-5H3/t17-,18+,19?. The molecule has 3 heterocycles. The molecule has 3 rings (SSSR count). The van der Waals surface area contributed by atoms with E-state index in [9.17, 15) is 9.59 Å². The summed E-state index contributed by atoms with van der Waals surface area (Å²) in [6.45, 7) is 13.6. The minimum absolute atomic E-state index is 0.135. The molecule has 0 aromatic carbocycles. The van der Waals surface area contributed by atoms with Crippen LogP contribution in [0.25, 0.3) is 0 Å². The first kappa shape index (κ1) is 22.4. The van der Waals surface area contributed by atoms with Gasteiger partial charge in [-0.25, -0.2) is 4.79 Å². The van der Waals surface area contributed by atoms with Crippen molar-refractivity contribution in [1.82, 2.24) is 14.7 Å². The fourth-order valence-corrected chi connectivity index (χ4v) is 5.35. The summed E-state index contributed by atoms with van der Waals surface area (Å²) in [5, 5.41) is 0. The summed E-state index contributed by atoms with van der Waals surface area (Å²) >= 11 is 0. The molecule has 0 spiro atoms. The zero-order valence-electron chi connectivity index (χ0n) is 19.2. The van der Waals surface area contributed by atoms with E-state index >= 15 is 0 Å². The van der Waals surface area contributed by atoms with Crippen LogP contribution >= 0.6 is 0 Å². The molecule has 0 aliphatic carbocycles. The minimum atomic E-state index is -0.447. The molecule has 29 heavy (non-hydrogen) atoms. The van der Waals surface area contributed by atoms with Gasteiger partial charge in [0.25, 0.3) is 0 Å². The molecule has 166 valence electrons. The van der Waals surface area contributed by atoms with Crippen molar-refractivity contribution in [2.24, 2.45) is 5.92 Å². The number of carbonyl (C=O) groups is 2. The van der Waals surface area contributed by atoms with Gasteiger partial charge in [0.05, 0.1) is 5.92 Å². The number of piperidine rings is 3. The Morgan fingerprint density at radius 1 is 0.862 bits per heavy atom. The molecular weight excluding hydrogens is 366 g/mol. The molecule has 1 unspecified atom stereocenters. The lowest BCUT2D eigenvalue weighted by Crippen LogP contribution is -2.55. The fraction of sp³-hybridized carbons (Fsp3) is 0.913. The Morgan fingerprint density at radius 2 is 1.48 bits per heavy atom. The predicted molar refractivity (Wildman–Crippen MR) is 115 cm³/mol. The number of nitrogens with zero attached hydrogens (tertiary/aromatic N) is 3. The van der Waals surface area contributed by atoms with Crippen LogP contribution in [-0.4, -0.2) is 76.6 Å². The number of hydrogen-bond acceptors (Lipinski definition) is 4. The van der Waals surface area contributed by atoms with E-state index in [0.717, 1.165) is 64.7 Å².